The molecule has 1 aliphatic rings. The van der Waals surface area contributed by atoms with Crippen LogP contribution >= 0.6 is 0 Å². The van der Waals surface area contributed by atoms with Crippen LogP contribution in [0.2, 0.25) is 0 Å². The lowest BCUT2D eigenvalue weighted by atomic mass is 9.89. The molecule has 11 rings (SSSR count). The van der Waals surface area contributed by atoms with Gasteiger partial charge in [0.05, 0.1) is 16.9 Å². The molecule has 0 aliphatic heterocycles. The van der Waals surface area contributed by atoms with E-state index in [9.17, 15) is 0 Å². The normalized spacial score (nSPS) is 13.8. The van der Waals surface area contributed by atoms with Crippen LogP contribution in [-0.4, -0.2) is 9.38 Å². The van der Waals surface area contributed by atoms with Crippen molar-refractivity contribution in [2.75, 3.05) is 4.90 Å². The van der Waals surface area contributed by atoms with Gasteiger partial charge in [-0.05, 0) is 82.1 Å². The Bertz CT molecular complexity index is 3100. The van der Waals surface area contributed by atoms with Crippen molar-refractivity contribution in [2.24, 2.45) is 0 Å². The minimum atomic E-state index is 0.228. The summed E-state index contributed by atoms with van der Waals surface area (Å²) in [5.74, 6) is 0.228. The van der Waals surface area contributed by atoms with Crippen molar-refractivity contribution < 1.29 is 0 Å². The molecule has 0 radical (unpaired) electrons. The summed E-state index contributed by atoms with van der Waals surface area (Å²) in [5.41, 5.74) is 16.0. The van der Waals surface area contributed by atoms with Gasteiger partial charge in [-0.25, -0.2) is 4.98 Å². The molecule has 0 fully saturated rings. The zero-order valence-corrected chi connectivity index (χ0v) is 33.1. The van der Waals surface area contributed by atoms with E-state index in [1.54, 1.807) is 0 Å². The second kappa shape index (κ2) is 15.2. The molecule has 3 heteroatoms. The van der Waals surface area contributed by atoms with Crippen LogP contribution in [0.25, 0.3) is 72.1 Å². The predicted molar refractivity (Wildman–Crippen MR) is 252 cm³/mol. The van der Waals surface area contributed by atoms with Gasteiger partial charge < -0.3 is 4.90 Å². The summed E-state index contributed by atoms with van der Waals surface area (Å²) in [5, 5.41) is 3.59. The van der Waals surface area contributed by atoms with Gasteiger partial charge in [-0.15, -0.1) is 0 Å². The SMILES string of the molecule is C1=CC(c2ccc3c(c2)c2ccccc2c2nc(-c4ccccc4)c(-c4ccccc4)n32)CC=C1N(c1ccc(-c2ccccc2)cc1)c1ccc(-c2ccccc2)cc1. The average molecular weight is 768 g/mol. The van der Waals surface area contributed by atoms with E-state index in [1.807, 2.05) is 0 Å². The third-order valence-electron chi connectivity index (χ3n) is 11.9. The van der Waals surface area contributed by atoms with Crippen molar-refractivity contribution in [1.29, 1.82) is 0 Å². The molecule has 0 amide bonds. The lowest BCUT2D eigenvalue weighted by Gasteiger charge is -2.29. The second-order valence-corrected chi connectivity index (χ2v) is 15.5. The van der Waals surface area contributed by atoms with Crippen LogP contribution in [0.1, 0.15) is 17.9 Å². The Balaban J connectivity index is 0.987. The molecule has 2 aromatic heterocycles. The van der Waals surface area contributed by atoms with Gasteiger partial charge in [-0.2, -0.15) is 0 Å². The van der Waals surface area contributed by atoms with Gasteiger partial charge in [0, 0.05) is 44.9 Å². The monoisotopic (exact) mass is 767 g/mol. The van der Waals surface area contributed by atoms with E-state index < -0.39 is 0 Å². The molecule has 1 unspecified atom stereocenters. The number of imidazole rings is 1. The zero-order chi connectivity index (χ0) is 39.8. The van der Waals surface area contributed by atoms with Gasteiger partial charge in [0.2, 0.25) is 0 Å². The second-order valence-electron chi connectivity index (χ2n) is 15.5. The highest BCUT2D eigenvalue weighted by molar-refractivity contribution is 6.13. The standard InChI is InChI=1S/C57H41N3/c1-5-15-40(16-6-1)42-25-32-48(33-26-42)59(49-34-27-43(28-35-49)41-17-7-2-8-18-41)50-36-29-44(30-37-50)47-31-38-54-53(39-47)51-23-13-14-24-52(51)57-58-55(45-19-9-3-10-20-45)56(60(54)57)46-21-11-4-12-22-46/h1-29,31-39,44H,30H2. The Labute approximate surface area is 350 Å². The van der Waals surface area contributed by atoms with Gasteiger partial charge >= 0.3 is 0 Å². The molecule has 3 nitrogen and oxygen atoms in total. The van der Waals surface area contributed by atoms with Gasteiger partial charge in [0.1, 0.15) is 5.65 Å². The smallest absolute Gasteiger partial charge is 0.146 e. The fourth-order valence-electron chi connectivity index (χ4n) is 8.94. The number of hydrogen-bond donors (Lipinski definition) is 0. The molecule has 8 aromatic carbocycles. The average Bonchev–Trinajstić information content (AvgIpc) is 3.75. The summed E-state index contributed by atoms with van der Waals surface area (Å²) < 4.78 is 2.39. The lowest BCUT2D eigenvalue weighted by molar-refractivity contribution is 0.841. The Hall–Kier alpha value is -7.75. The number of aromatic nitrogens is 2. The highest BCUT2D eigenvalue weighted by Crippen LogP contribution is 2.41. The number of anilines is 2. The quantitative estimate of drug-likeness (QED) is 0.144. The molecular formula is C57H41N3. The number of pyridine rings is 1. The first-order valence-electron chi connectivity index (χ1n) is 20.7. The topological polar surface area (TPSA) is 20.5 Å². The Morgan fingerprint density at radius 1 is 0.450 bits per heavy atom. The van der Waals surface area contributed by atoms with Crippen molar-refractivity contribution >= 4 is 38.7 Å². The lowest BCUT2D eigenvalue weighted by Crippen LogP contribution is -2.17. The number of hydrogen-bond acceptors (Lipinski definition) is 2. The predicted octanol–water partition coefficient (Wildman–Crippen LogP) is 15.1. The number of allylic oxidation sites excluding steroid dienone is 3. The fraction of sp³-hybridized carbons (Fsp3) is 0.0351. The van der Waals surface area contributed by atoms with Crippen LogP contribution in [0.15, 0.2) is 236 Å². The minimum Gasteiger partial charge on any atom is -0.311 e. The van der Waals surface area contributed by atoms with Crippen LogP contribution in [-0.2, 0) is 0 Å². The summed E-state index contributed by atoms with van der Waals surface area (Å²) >= 11 is 0. The summed E-state index contributed by atoms with van der Waals surface area (Å²) in [6.07, 6.45) is 7.99. The Morgan fingerprint density at radius 2 is 0.950 bits per heavy atom. The third kappa shape index (κ3) is 6.38. The maximum atomic E-state index is 5.40. The molecule has 0 saturated heterocycles. The van der Waals surface area contributed by atoms with Gasteiger partial charge in [0.15, 0.2) is 0 Å². The van der Waals surface area contributed by atoms with Gasteiger partial charge in [-0.3, -0.25) is 4.40 Å². The van der Waals surface area contributed by atoms with Crippen LogP contribution in [0.5, 0.6) is 0 Å². The van der Waals surface area contributed by atoms with Gasteiger partial charge in [-0.1, -0.05) is 188 Å². The Kier molecular flexibility index (Phi) is 8.98. The van der Waals surface area contributed by atoms with E-state index in [-0.39, 0.29) is 5.92 Å². The number of rotatable bonds is 8. The van der Waals surface area contributed by atoms with Gasteiger partial charge in [0.25, 0.3) is 0 Å². The minimum absolute atomic E-state index is 0.228. The molecule has 0 spiro atoms. The molecular weight excluding hydrogens is 727 g/mol. The molecule has 1 aliphatic carbocycles. The number of nitrogens with zero attached hydrogens (tertiary/aromatic N) is 3. The Morgan fingerprint density at radius 3 is 1.50 bits per heavy atom. The zero-order valence-electron chi connectivity index (χ0n) is 33.1. The maximum Gasteiger partial charge on any atom is 0.146 e. The highest BCUT2D eigenvalue weighted by Gasteiger charge is 2.23. The molecule has 2 heterocycles. The first-order chi connectivity index (χ1) is 29.8. The third-order valence-corrected chi connectivity index (χ3v) is 11.9. The van der Waals surface area contributed by atoms with E-state index in [2.05, 4.69) is 240 Å². The van der Waals surface area contributed by atoms with E-state index in [4.69, 9.17) is 4.98 Å². The first kappa shape index (κ1) is 35.4. The summed E-state index contributed by atoms with van der Waals surface area (Å²) in [7, 11) is 0. The molecule has 60 heavy (non-hydrogen) atoms. The summed E-state index contributed by atoms with van der Waals surface area (Å²) in [6, 6.07) is 76.1. The molecule has 284 valence electrons. The van der Waals surface area contributed by atoms with Crippen molar-refractivity contribution in [3.8, 4) is 44.8 Å². The van der Waals surface area contributed by atoms with E-state index in [1.165, 1.54) is 44.3 Å². The number of benzene rings is 8. The molecule has 1 atom stereocenters. The summed E-state index contributed by atoms with van der Waals surface area (Å²) in [4.78, 5) is 7.79. The maximum absolute atomic E-state index is 5.40. The molecule has 10 aromatic rings. The van der Waals surface area contributed by atoms with Crippen molar-refractivity contribution in [3.63, 3.8) is 0 Å². The van der Waals surface area contributed by atoms with Crippen LogP contribution in [0.4, 0.5) is 11.4 Å². The molecule has 0 N–H and O–H groups in total. The molecule has 0 saturated carbocycles. The number of fused-ring (bicyclic) bond motifs is 6. The van der Waals surface area contributed by atoms with Crippen molar-refractivity contribution in [1.82, 2.24) is 9.38 Å². The van der Waals surface area contributed by atoms with Crippen LogP contribution < -0.4 is 4.90 Å². The van der Waals surface area contributed by atoms with Crippen molar-refractivity contribution in [3.05, 3.63) is 242 Å². The fourth-order valence-corrected chi connectivity index (χ4v) is 8.94. The first-order valence-corrected chi connectivity index (χ1v) is 20.7. The van der Waals surface area contributed by atoms with E-state index in [0.717, 1.165) is 56.9 Å². The highest BCUT2D eigenvalue weighted by atomic mass is 15.1. The molecule has 0 bridgehead atoms. The van der Waals surface area contributed by atoms with Crippen LogP contribution in [0, 0.1) is 0 Å². The van der Waals surface area contributed by atoms with Crippen LogP contribution in [0.3, 0.4) is 0 Å². The van der Waals surface area contributed by atoms with E-state index >= 15 is 0 Å². The largest absolute Gasteiger partial charge is 0.311 e. The van der Waals surface area contributed by atoms with Crippen molar-refractivity contribution in [2.45, 2.75) is 12.3 Å². The summed E-state index contributed by atoms with van der Waals surface area (Å²) in [6.45, 7) is 0. The van der Waals surface area contributed by atoms with E-state index in [0.29, 0.717) is 0 Å².